The molecule has 1 saturated heterocycles. The van der Waals surface area contributed by atoms with Gasteiger partial charge in [0.05, 0.1) is 22.4 Å². The van der Waals surface area contributed by atoms with E-state index in [0.717, 1.165) is 4.31 Å². The minimum absolute atomic E-state index is 0.0962. The predicted molar refractivity (Wildman–Crippen MR) is 82.1 cm³/mol. The molecule has 9 heteroatoms. The van der Waals surface area contributed by atoms with Crippen LogP contribution < -0.4 is 0 Å². The second-order valence-corrected chi connectivity index (χ2v) is 8.15. The number of aliphatic hydroxyl groups excluding tert-OH is 1. The molecule has 1 amide bonds. The standard InChI is InChI=1S/C13H18ClN3O4S/c1-16(2)22(20,21)8-10-6-17(7-12(10)18)13(19)9-3-11(14)5-15-4-9/h3-5,10,12,18H,6-8H2,1-2H3/t10-,12+/m0/s1. The van der Waals surface area contributed by atoms with Crippen molar-refractivity contribution in [1.82, 2.24) is 14.2 Å². The number of halogens is 1. The average Bonchev–Trinajstić information content (AvgIpc) is 2.78. The van der Waals surface area contributed by atoms with E-state index in [1.54, 1.807) is 0 Å². The average molecular weight is 348 g/mol. The zero-order valence-electron chi connectivity index (χ0n) is 12.3. The number of carbonyl (C=O) groups excluding carboxylic acids is 1. The van der Waals surface area contributed by atoms with Crippen molar-refractivity contribution in [2.45, 2.75) is 6.10 Å². The van der Waals surface area contributed by atoms with Crippen LogP contribution in [-0.2, 0) is 10.0 Å². The molecule has 1 aliphatic heterocycles. The van der Waals surface area contributed by atoms with Crippen LogP contribution in [0.15, 0.2) is 18.5 Å². The number of hydrogen-bond donors (Lipinski definition) is 1. The number of pyridine rings is 1. The number of β-amino-alcohol motifs (C(OH)–C–C–N with tert-alkyl or cyclic N) is 1. The summed E-state index contributed by atoms with van der Waals surface area (Å²) >= 11 is 5.81. The van der Waals surface area contributed by atoms with E-state index in [1.165, 1.54) is 37.5 Å². The second-order valence-electron chi connectivity index (χ2n) is 5.49. The highest BCUT2D eigenvalue weighted by Gasteiger charge is 2.37. The molecule has 1 fully saturated rings. The van der Waals surface area contributed by atoms with Crippen molar-refractivity contribution in [3.05, 3.63) is 29.0 Å². The van der Waals surface area contributed by atoms with Gasteiger partial charge >= 0.3 is 0 Å². The zero-order valence-corrected chi connectivity index (χ0v) is 13.9. The van der Waals surface area contributed by atoms with Crippen LogP contribution in [0.4, 0.5) is 0 Å². The maximum Gasteiger partial charge on any atom is 0.255 e. The zero-order chi connectivity index (χ0) is 16.5. The topological polar surface area (TPSA) is 90.8 Å². The summed E-state index contributed by atoms with van der Waals surface area (Å²) in [5.41, 5.74) is 0.316. The van der Waals surface area contributed by atoms with Crippen molar-refractivity contribution in [3.8, 4) is 0 Å². The molecule has 0 unspecified atom stereocenters. The molecule has 0 bridgehead atoms. The first kappa shape index (κ1) is 17.1. The fourth-order valence-corrected chi connectivity index (χ4v) is 3.66. The number of carbonyl (C=O) groups is 1. The Morgan fingerprint density at radius 2 is 2.14 bits per heavy atom. The van der Waals surface area contributed by atoms with Crippen molar-refractivity contribution in [3.63, 3.8) is 0 Å². The number of amides is 1. The van der Waals surface area contributed by atoms with Gasteiger partial charge < -0.3 is 10.0 Å². The molecule has 0 radical (unpaired) electrons. The molecule has 2 atom stereocenters. The van der Waals surface area contributed by atoms with Gasteiger partial charge in [0.1, 0.15) is 0 Å². The van der Waals surface area contributed by atoms with Crippen molar-refractivity contribution in [2.24, 2.45) is 5.92 Å². The first-order chi connectivity index (χ1) is 10.2. The first-order valence-corrected chi connectivity index (χ1v) is 8.67. The van der Waals surface area contributed by atoms with E-state index in [2.05, 4.69) is 4.98 Å². The van der Waals surface area contributed by atoms with E-state index in [0.29, 0.717) is 10.6 Å². The lowest BCUT2D eigenvalue weighted by Gasteiger charge is -2.18. The molecule has 122 valence electrons. The monoisotopic (exact) mass is 347 g/mol. The van der Waals surface area contributed by atoms with Crippen LogP contribution in [0.5, 0.6) is 0 Å². The molecule has 1 N–H and O–H groups in total. The number of aliphatic hydroxyl groups is 1. The molecule has 0 aromatic carbocycles. The Morgan fingerprint density at radius 1 is 1.45 bits per heavy atom. The normalized spacial score (nSPS) is 22.3. The Labute approximate surface area is 134 Å². The van der Waals surface area contributed by atoms with Crippen LogP contribution in [0.1, 0.15) is 10.4 Å². The molecule has 2 rings (SSSR count). The number of sulfonamides is 1. The van der Waals surface area contributed by atoms with Gasteiger partial charge in [-0.15, -0.1) is 0 Å². The second kappa shape index (κ2) is 6.49. The van der Waals surface area contributed by atoms with Gasteiger partial charge in [0, 0.05) is 45.5 Å². The Bertz CT molecular complexity index is 665. The largest absolute Gasteiger partial charge is 0.391 e. The van der Waals surface area contributed by atoms with Gasteiger partial charge in [0.25, 0.3) is 5.91 Å². The molecule has 0 aliphatic carbocycles. The summed E-state index contributed by atoms with van der Waals surface area (Å²) in [5, 5.41) is 10.4. The molecule has 1 aromatic heterocycles. The van der Waals surface area contributed by atoms with E-state index >= 15 is 0 Å². The third kappa shape index (κ3) is 3.75. The van der Waals surface area contributed by atoms with Gasteiger partial charge in [-0.2, -0.15) is 0 Å². The molecule has 7 nitrogen and oxygen atoms in total. The summed E-state index contributed by atoms with van der Waals surface area (Å²) in [4.78, 5) is 17.6. The van der Waals surface area contributed by atoms with Gasteiger partial charge in [-0.05, 0) is 6.07 Å². The molecule has 1 aliphatic rings. The van der Waals surface area contributed by atoms with E-state index < -0.39 is 22.0 Å². The van der Waals surface area contributed by atoms with Crippen molar-refractivity contribution < 1.29 is 18.3 Å². The van der Waals surface area contributed by atoms with Crippen molar-refractivity contribution in [2.75, 3.05) is 32.9 Å². The highest BCUT2D eigenvalue weighted by atomic mass is 35.5. The van der Waals surface area contributed by atoms with Gasteiger partial charge in [0.2, 0.25) is 10.0 Å². The van der Waals surface area contributed by atoms with Gasteiger partial charge in [-0.3, -0.25) is 9.78 Å². The minimum atomic E-state index is -3.43. The highest BCUT2D eigenvalue weighted by molar-refractivity contribution is 7.89. The van der Waals surface area contributed by atoms with E-state index in [4.69, 9.17) is 11.6 Å². The van der Waals surface area contributed by atoms with Crippen LogP contribution in [0.2, 0.25) is 5.02 Å². The Morgan fingerprint density at radius 3 is 2.73 bits per heavy atom. The third-order valence-corrected chi connectivity index (χ3v) is 5.80. The number of rotatable bonds is 4. The number of likely N-dealkylation sites (tertiary alicyclic amines) is 1. The SMILES string of the molecule is CN(C)S(=O)(=O)C[C@@H]1CN(C(=O)c2cncc(Cl)c2)C[C@H]1O. The van der Waals surface area contributed by atoms with Crippen molar-refractivity contribution in [1.29, 1.82) is 0 Å². The molecule has 0 saturated carbocycles. The lowest BCUT2D eigenvalue weighted by molar-refractivity contribution is 0.0764. The van der Waals surface area contributed by atoms with Crippen LogP contribution >= 0.6 is 11.6 Å². The molecular weight excluding hydrogens is 330 g/mol. The maximum atomic E-state index is 12.3. The van der Waals surface area contributed by atoms with Gasteiger partial charge in [-0.25, -0.2) is 12.7 Å². The van der Waals surface area contributed by atoms with Gasteiger partial charge in [0.15, 0.2) is 0 Å². The number of nitrogens with zero attached hydrogens (tertiary/aromatic N) is 3. The van der Waals surface area contributed by atoms with E-state index in [9.17, 15) is 18.3 Å². The fourth-order valence-electron chi connectivity index (χ4n) is 2.31. The Hall–Kier alpha value is -1.22. The van der Waals surface area contributed by atoms with Crippen molar-refractivity contribution >= 4 is 27.5 Å². The lowest BCUT2D eigenvalue weighted by Crippen LogP contribution is -2.33. The quantitative estimate of drug-likeness (QED) is 0.831. The lowest BCUT2D eigenvalue weighted by atomic mass is 10.1. The summed E-state index contributed by atoms with van der Waals surface area (Å²) in [6, 6.07) is 1.49. The first-order valence-electron chi connectivity index (χ1n) is 6.69. The number of aromatic nitrogens is 1. The molecular formula is C13H18ClN3O4S. The summed E-state index contributed by atoms with van der Waals surface area (Å²) in [6.45, 7) is 0.276. The van der Waals surface area contributed by atoms with E-state index in [-0.39, 0.29) is 24.7 Å². The summed E-state index contributed by atoms with van der Waals surface area (Å²) in [5.74, 6) is -1.03. The molecule has 22 heavy (non-hydrogen) atoms. The fraction of sp³-hybridized carbons (Fsp3) is 0.538. The molecule has 1 aromatic rings. The van der Waals surface area contributed by atoms with Crippen LogP contribution in [-0.4, -0.2) is 72.7 Å². The van der Waals surface area contributed by atoms with E-state index in [1.807, 2.05) is 0 Å². The summed E-state index contributed by atoms with van der Waals surface area (Å²) in [6.07, 6.45) is 1.94. The Balaban J connectivity index is 2.09. The molecule has 2 heterocycles. The predicted octanol–water partition coefficient (Wildman–Crippen LogP) is 0.0593. The maximum absolute atomic E-state index is 12.3. The highest BCUT2D eigenvalue weighted by Crippen LogP contribution is 2.22. The van der Waals surface area contributed by atoms with Gasteiger partial charge in [-0.1, -0.05) is 11.6 Å². The minimum Gasteiger partial charge on any atom is -0.391 e. The summed E-state index contributed by atoms with van der Waals surface area (Å²) < 4.78 is 24.9. The van der Waals surface area contributed by atoms with Crippen LogP contribution in [0, 0.1) is 5.92 Å². The summed E-state index contributed by atoms with van der Waals surface area (Å²) in [7, 11) is -0.550. The molecule has 0 spiro atoms. The Kier molecular flexibility index (Phi) is 5.06. The van der Waals surface area contributed by atoms with Crippen LogP contribution in [0.3, 0.4) is 0 Å². The smallest absolute Gasteiger partial charge is 0.255 e. The number of hydrogen-bond acceptors (Lipinski definition) is 5. The third-order valence-electron chi connectivity index (χ3n) is 3.63. The van der Waals surface area contributed by atoms with Crippen LogP contribution in [0.25, 0.3) is 0 Å².